The first kappa shape index (κ1) is 15.5. The minimum absolute atomic E-state index is 0.124. The van der Waals surface area contributed by atoms with E-state index in [0.717, 1.165) is 10.8 Å². The highest BCUT2D eigenvalue weighted by Gasteiger charge is 2.18. The molecule has 0 aliphatic rings. The average Bonchev–Trinajstić information content (AvgIpc) is 2.58. The molecule has 0 unspecified atom stereocenters. The number of nitrogens with zero attached hydrogens (tertiary/aromatic N) is 1. The zero-order chi connectivity index (χ0) is 13.1. The van der Waals surface area contributed by atoms with Gasteiger partial charge >= 0.3 is 0 Å². The van der Waals surface area contributed by atoms with Crippen LogP contribution in [0.3, 0.4) is 0 Å². The lowest BCUT2D eigenvalue weighted by Gasteiger charge is -2.15. The van der Waals surface area contributed by atoms with Crippen LogP contribution in [0.15, 0.2) is 10.8 Å². The van der Waals surface area contributed by atoms with Crippen LogP contribution in [-0.4, -0.2) is 10.7 Å². The number of alkyl halides is 1. The summed E-state index contributed by atoms with van der Waals surface area (Å²) in [5.74, 6) is 1.14. The molecule has 0 radical (unpaired) electrons. The van der Waals surface area contributed by atoms with E-state index in [1.54, 1.807) is 11.3 Å². The Balaban J connectivity index is 2.53. The highest BCUT2D eigenvalue weighted by atomic mass is 127. The van der Waals surface area contributed by atoms with Gasteiger partial charge < -0.3 is 0 Å². The maximum absolute atomic E-state index is 4.63. The molecule has 1 aromatic heterocycles. The standard InChI is InChI=1S/C13H20INS2/c1-12(2,3)9-16-7-6-11-15-10(8-17-11)13(4,5)14/h6-8H,9H2,1-5H3/b7-6+. The van der Waals surface area contributed by atoms with E-state index in [4.69, 9.17) is 0 Å². The highest BCUT2D eigenvalue weighted by Crippen LogP contribution is 2.31. The van der Waals surface area contributed by atoms with Crippen molar-refractivity contribution < 1.29 is 0 Å². The van der Waals surface area contributed by atoms with Crippen molar-refractivity contribution in [2.24, 2.45) is 5.41 Å². The molecule has 0 bridgehead atoms. The Morgan fingerprint density at radius 2 is 2.00 bits per heavy atom. The number of hydrogen-bond donors (Lipinski definition) is 0. The van der Waals surface area contributed by atoms with Gasteiger partial charge in [0.1, 0.15) is 5.01 Å². The van der Waals surface area contributed by atoms with Crippen LogP contribution in [-0.2, 0) is 3.42 Å². The molecule has 17 heavy (non-hydrogen) atoms. The Hall–Kier alpha value is 0.450. The van der Waals surface area contributed by atoms with Crippen molar-refractivity contribution in [3.8, 4) is 0 Å². The van der Waals surface area contributed by atoms with Gasteiger partial charge in [-0.05, 0) is 30.7 Å². The second kappa shape index (κ2) is 6.06. The fourth-order valence-electron chi connectivity index (χ4n) is 1.04. The zero-order valence-electron chi connectivity index (χ0n) is 11.1. The van der Waals surface area contributed by atoms with Crippen molar-refractivity contribution in [3.63, 3.8) is 0 Å². The highest BCUT2D eigenvalue weighted by molar-refractivity contribution is 14.1. The van der Waals surface area contributed by atoms with Crippen LogP contribution in [0.25, 0.3) is 6.08 Å². The van der Waals surface area contributed by atoms with Crippen LogP contribution in [0, 0.1) is 5.41 Å². The number of hydrogen-bond acceptors (Lipinski definition) is 3. The smallest absolute Gasteiger partial charge is 0.116 e. The van der Waals surface area contributed by atoms with E-state index >= 15 is 0 Å². The molecule has 0 aliphatic heterocycles. The first-order chi connectivity index (χ1) is 7.68. The maximum Gasteiger partial charge on any atom is 0.116 e. The fourth-order valence-corrected chi connectivity index (χ4v) is 3.31. The van der Waals surface area contributed by atoms with Gasteiger partial charge in [0.25, 0.3) is 0 Å². The minimum atomic E-state index is 0.124. The summed E-state index contributed by atoms with van der Waals surface area (Å²) < 4.78 is 0.124. The molecule has 4 heteroatoms. The molecule has 0 saturated carbocycles. The van der Waals surface area contributed by atoms with Gasteiger partial charge in [-0.15, -0.1) is 23.1 Å². The molecule has 1 aromatic rings. The molecule has 96 valence electrons. The van der Waals surface area contributed by atoms with Crippen molar-refractivity contribution in [1.29, 1.82) is 0 Å². The molecule has 0 fully saturated rings. The lowest BCUT2D eigenvalue weighted by Crippen LogP contribution is -2.07. The average molecular weight is 381 g/mol. The molecular formula is C13H20INS2. The van der Waals surface area contributed by atoms with Crippen molar-refractivity contribution in [2.75, 3.05) is 5.75 Å². The van der Waals surface area contributed by atoms with Gasteiger partial charge in [-0.1, -0.05) is 43.4 Å². The Kier molecular flexibility index (Phi) is 5.53. The number of halogens is 1. The summed E-state index contributed by atoms with van der Waals surface area (Å²) in [7, 11) is 0. The maximum atomic E-state index is 4.63. The van der Waals surface area contributed by atoms with Crippen molar-refractivity contribution in [2.45, 2.75) is 38.0 Å². The normalized spacial score (nSPS) is 13.5. The molecule has 0 amide bonds. The Morgan fingerprint density at radius 3 is 2.47 bits per heavy atom. The first-order valence-electron chi connectivity index (χ1n) is 5.61. The third kappa shape index (κ3) is 6.25. The van der Waals surface area contributed by atoms with Crippen LogP contribution >= 0.6 is 45.7 Å². The first-order valence-corrected chi connectivity index (χ1v) is 8.62. The number of thioether (sulfide) groups is 1. The molecule has 0 N–H and O–H groups in total. The van der Waals surface area contributed by atoms with Crippen molar-refractivity contribution >= 4 is 51.8 Å². The molecule has 0 aliphatic carbocycles. The zero-order valence-corrected chi connectivity index (χ0v) is 14.9. The second-order valence-electron chi connectivity index (χ2n) is 5.72. The third-order valence-corrected chi connectivity index (χ3v) is 4.68. The summed E-state index contributed by atoms with van der Waals surface area (Å²) in [4.78, 5) is 4.63. The van der Waals surface area contributed by atoms with Crippen LogP contribution < -0.4 is 0 Å². The van der Waals surface area contributed by atoms with Crippen molar-refractivity contribution in [1.82, 2.24) is 4.98 Å². The van der Waals surface area contributed by atoms with E-state index in [0.29, 0.717) is 5.41 Å². The molecule has 1 nitrogen and oxygen atoms in total. The van der Waals surface area contributed by atoms with Gasteiger partial charge in [0.15, 0.2) is 0 Å². The van der Waals surface area contributed by atoms with Gasteiger partial charge in [0, 0.05) is 11.1 Å². The molecule has 0 spiro atoms. The van der Waals surface area contributed by atoms with Gasteiger partial charge in [-0.3, -0.25) is 0 Å². The summed E-state index contributed by atoms with van der Waals surface area (Å²) in [5.41, 5.74) is 1.55. The molecule has 0 aromatic carbocycles. The third-order valence-electron chi connectivity index (χ3n) is 1.95. The predicted molar refractivity (Wildman–Crippen MR) is 90.1 cm³/mol. The quantitative estimate of drug-likeness (QED) is 0.500. The lowest BCUT2D eigenvalue weighted by atomic mass is 10.0. The second-order valence-corrected chi connectivity index (χ2v) is 10.2. The summed E-state index contributed by atoms with van der Waals surface area (Å²) in [5, 5.41) is 5.42. The van der Waals surface area contributed by atoms with Gasteiger partial charge in [-0.2, -0.15) is 0 Å². The SMILES string of the molecule is CC(C)(C)CS/C=C/c1nc(C(C)(C)I)cs1. The lowest BCUT2D eigenvalue weighted by molar-refractivity contribution is 0.481. The van der Waals surface area contributed by atoms with E-state index in [9.17, 15) is 0 Å². The van der Waals surface area contributed by atoms with Gasteiger partial charge in [0.2, 0.25) is 0 Å². The Labute approximate surface area is 127 Å². The number of thiazole rings is 1. The molecule has 0 saturated heterocycles. The molecule has 1 rings (SSSR count). The number of aromatic nitrogens is 1. The summed E-state index contributed by atoms with van der Waals surface area (Å²) in [6, 6.07) is 0. The molecular weight excluding hydrogens is 361 g/mol. The van der Waals surface area contributed by atoms with E-state index in [-0.39, 0.29) is 3.42 Å². The molecule has 1 heterocycles. The molecule has 0 atom stereocenters. The Bertz CT molecular complexity index is 383. The minimum Gasteiger partial charge on any atom is -0.240 e. The summed E-state index contributed by atoms with van der Waals surface area (Å²) in [6.45, 7) is 11.1. The monoisotopic (exact) mass is 381 g/mol. The fraction of sp³-hybridized carbons (Fsp3) is 0.615. The Morgan fingerprint density at radius 1 is 1.35 bits per heavy atom. The van der Waals surface area contributed by atoms with Crippen LogP contribution in [0.2, 0.25) is 0 Å². The van der Waals surface area contributed by atoms with Gasteiger partial charge in [0.05, 0.1) is 9.12 Å². The van der Waals surface area contributed by atoms with E-state index in [2.05, 4.69) is 79.1 Å². The topological polar surface area (TPSA) is 12.9 Å². The predicted octanol–water partition coefficient (Wildman–Crippen LogP) is 5.56. The van der Waals surface area contributed by atoms with Crippen LogP contribution in [0.5, 0.6) is 0 Å². The van der Waals surface area contributed by atoms with E-state index in [1.807, 2.05) is 11.8 Å². The van der Waals surface area contributed by atoms with Crippen molar-refractivity contribution in [3.05, 3.63) is 21.5 Å². The van der Waals surface area contributed by atoms with E-state index < -0.39 is 0 Å². The van der Waals surface area contributed by atoms with Crippen LogP contribution in [0.4, 0.5) is 0 Å². The summed E-state index contributed by atoms with van der Waals surface area (Å²) >= 11 is 6.00. The summed E-state index contributed by atoms with van der Waals surface area (Å²) in [6.07, 6.45) is 2.12. The van der Waals surface area contributed by atoms with Gasteiger partial charge in [-0.25, -0.2) is 4.98 Å². The largest absolute Gasteiger partial charge is 0.240 e. The van der Waals surface area contributed by atoms with E-state index in [1.165, 1.54) is 5.69 Å². The number of rotatable bonds is 4. The van der Waals surface area contributed by atoms with Crippen LogP contribution in [0.1, 0.15) is 45.3 Å².